The van der Waals surface area contributed by atoms with Crippen LogP contribution in [0.5, 0.6) is 0 Å². The van der Waals surface area contributed by atoms with Crippen molar-refractivity contribution in [2.24, 2.45) is 5.73 Å². The lowest BCUT2D eigenvalue weighted by atomic mass is 10.0. The summed E-state index contributed by atoms with van der Waals surface area (Å²) in [5.74, 6) is -1.17. The zero-order valence-electron chi connectivity index (χ0n) is 10.2. The van der Waals surface area contributed by atoms with Crippen molar-refractivity contribution in [2.75, 3.05) is 7.05 Å². The molecule has 0 fully saturated rings. The van der Waals surface area contributed by atoms with Gasteiger partial charge in [0.05, 0.1) is 11.6 Å². The largest absolute Gasteiger partial charge is 0.415 e. The molecule has 1 atom stereocenters. The van der Waals surface area contributed by atoms with Crippen LogP contribution < -0.4 is 5.73 Å². The molecule has 0 aliphatic heterocycles. The van der Waals surface area contributed by atoms with Crippen molar-refractivity contribution in [3.05, 3.63) is 16.1 Å². The van der Waals surface area contributed by atoms with Crippen LogP contribution in [-0.4, -0.2) is 34.6 Å². The molecule has 0 saturated carbocycles. The van der Waals surface area contributed by atoms with Crippen LogP contribution in [0.4, 0.5) is 13.2 Å². The molecular formula is C10H14F3N3OS. The first-order valence-electron chi connectivity index (χ1n) is 5.08. The highest BCUT2D eigenvalue weighted by Crippen LogP contribution is 2.29. The Labute approximate surface area is 107 Å². The number of nitrogens with zero attached hydrogens (tertiary/aromatic N) is 2. The first-order valence-corrected chi connectivity index (χ1v) is 5.90. The highest BCUT2D eigenvalue weighted by atomic mass is 32.1. The molecule has 0 bridgehead atoms. The molecule has 2 N–H and O–H groups in total. The average Bonchev–Trinajstić information content (AvgIpc) is 2.61. The number of hydrogen-bond acceptors (Lipinski definition) is 4. The van der Waals surface area contributed by atoms with Crippen molar-refractivity contribution in [2.45, 2.75) is 32.1 Å². The van der Waals surface area contributed by atoms with Crippen molar-refractivity contribution in [1.29, 1.82) is 0 Å². The maximum Gasteiger partial charge on any atom is 0.415 e. The maximum atomic E-state index is 12.6. The predicted octanol–water partition coefficient (Wildman–Crippen LogP) is 1.69. The molecule has 4 nitrogen and oxygen atoms in total. The minimum atomic E-state index is -4.78. The summed E-state index contributed by atoms with van der Waals surface area (Å²) in [7, 11) is 1.29. The quantitative estimate of drug-likeness (QED) is 0.917. The van der Waals surface area contributed by atoms with E-state index >= 15 is 0 Å². The molecule has 0 aliphatic carbocycles. The van der Waals surface area contributed by atoms with Gasteiger partial charge in [-0.05, 0) is 13.8 Å². The van der Waals surface area contributed by atoms with Crippen molar-refractivity contribution >= 4 is 17.2 Å². The lowest BCUT2D eigenvalue weighted by molar-refractivity contribution is -0.193. The summed E-state index contributed by atoms with van der Waals surface area (Å²) < 4.78 is 37.8. The van der Waals surface area contributed by atoms with Gasteiger partial charge in [0.2, 0.25) is 0 Å². The van der Waals surface area contributed by atoms with E-state index in [1.165, 1.54) is 24.6 Å². The summed E-state index contributed by atoms with van der Waals surface area (Å²) in [6.07, 6.45) is -3.24. The van der Waals surface area contributed by atoms with Gasteiger partial charge in [0, 0.05) is 18.1 Å². The topological polar surface area (TPSA) is 59.2 Å². The molecular weight excluding hydrogens is 267 g/mol. The van der Waals surface area contributed by atoms with E-state index in [9.17, 15) is 18.0 Å². The molecule has 8 heteroatoms. The van der Waals surface area contributed by atoms with E-state index in [0.717, 1.165) is 9.91 Å². The minimum Gasteiger partial charge on any atom is -0.339 e. The number of halogens is 3. The standard InChI is InChI=1S/C10H14F3N3OS/c1-6-15-4-7(18-6)5-16(3)8(17)9(2,14)10(11,12)13/h4H,5,14H2,1-3H3. The molecule has 0 radical (unpaired) electrons. The smallest absolute Gasteiger partial charge is 0.339 e. The number of aromatic nitrogens is 1. The van der Waals surface area contributed by atoms with Crippen LogP contribution in [0.3, 0.4) is 0 Å². The molecule has 0 spiro atoms. The third kappa shape index (κ3) is 2.99. The Bertz CT molecular complexity index is 442. The molecule has 1 aromatic heterocycles. The second-order valence-electron chi connectivity index (χ2n) is 4.21. The van der Waals surface area contributed by atoms with E-state index in [-0.39, 0.29) is 6.54 Å². The summed E-state index contributed by atoms with van der Waals surface area (Å²) in [5.41, 5.74) is 2.20. The van der Waals surface area contributed by atoms with E-state index in [1.54, 1.807) is 6.92 Å². The number of carbonyl (C=O) groups is 1. The van der Waals surface area contributed by atoms with Gasteiger partial charge in [-0.25, -0.2) is 4.98 Å². The van der Waals surface area contributed by atoms with Gasteiger partial charge in [-0.1, -0.05) is 0 Å². The van der Waals surface area contributed by atoms with Gasteiger partial charge in [0.1, 0.15) is 0 Å². The van der Waals surface area contributed by atoms with Crippen LogP contribution in [0.15, 0.2) is 6.20 Å². The van der Waals surface area contributed by atoms with Gasteiger partial charge in [0.15, 0.2) is 5.54 Å². The number of rotatable bonds is 3. The predicted molar refractivity (Wildman–Crippen MR) is 62.0 cm³/mol. The number of carbonyl (C=O) groups excluding carboxylic acids is 1. The van der Waals surface area contributed by atoms with Gasteiger partial charge in [-0.3, -0.25) is 4.79 Å². The molecule has 102 valence electrons. The van der Waals surface area contributed by atoms with Crippen LogP contribution in [0.1, 0.15) is 16.8 Å². The van der Waals surface area contributed by atoms with Crippen LogP contribution >= 0.6 is 11.3 Å². The van der Waals surface area contributed by atoms with Crippen LogP contribution in [0.25, 0.3) is 0 Å². The molecule has 1 aromatic rings. The Morgan fingerprint density at radius 3 is 2.50 bits per heavy atom. The maximum absolute atomic E-state index is 12.6. The number of likely N-dealkylation sites (N-methyl/N-ethyl adjacent to an activating group) is 1. The number of alkyl halides is 3. The summed E-state index contributed by atoms with van der Waals surface area (Å²) >= 11 is 1.32. The SMILES string of the molecule is Cc1ncc(CN(C)C(=O)C(C)(N)C(F)(F)F)s1. The first-order chi connectivity index (χ1) is 8.05. The van der Waals surface area contributed by atoms with E-state index in [4.69, 9.17) is 5.73 Å². The zero-order chi connectivity index (χ0) is 14.1. The van der Waals surface area contributed by atoms with Gasteiger partial charge >= 0.3 is 6.18 Å². The Morgan fingerprint density at radius 1 is 1.56 bits per heavy atom. The van der Waals surface area contributed by atoms with Gasteiger partial charge in [0.25, 0.3) is 5.91 Å². The molecule has 0 aliphatic rings. The number of aryl methyl sites for hydroxylation is 1. The lowest BCUT2D eigenvalue weighted by Crippen LogP contribution is -2.61. The zero-order valence-corrected chi connectivity index (χ0v) is 11.0. The van der Waals surface area contributed by atoms with Crippen molar-refractivity contribution in [3.8, 4) is 0 Å². The van der Waals surface area contributed by atoms with Gasteiger partial charge in [-0.2, -0.15) is 13.2 Å². The Morgan fingerprint density at radius 2 is 2.11 bits per heavy atom. The molecule has 1 rings (SSSR count). The Hall–Kier alpha value is -1.15. The van der Waals surface area contributed by atoms with Gasteiger partial charge in [-0.15, -0.1) is 11.3 Å². The van der Waals surface area contributed by atoms with Crippen molar-refractivity contribution < 1.29 is 18.0 Å². The third-order valence-electron chi connectivity index (χ3n) is 2.44. The number of amides is 1. The van der Waals surface area contributed by atoms with Crippen LogP contribution in [0.2, 0.25) is 0 Å². The molecule has 1 amide bonds. The fourth-order valence-corrected chi connectivity index (χ4v) is 2.15. The second kappa shape index (κ2) is 4.85. The number of nitrogens with two attached hydrogens (primary N) is 1. The fourth-order valence-electron chi connectivity index (χ4n) is 1.30. The normalized spacial score (nSPS) is 15.3. The highest BCUT2D eigenvalue weighted by Gasteiger charge is 2.54. The molecule has 1 heterocycles. The van der Waals surface area contributed by atoms with E-state index in [2.05, 4.69) is 4.98 Å². The minimum absolute atomic E-state index is 0.0627. The first kappa shape index (κ1) is 14.9. The van der Waals surface area contributed by atoms with E-state index < -0.39 is 17.6 Å². The van der Waals surface area contributed by atoms with Crippen LogP contribution in [0, 0.1) is 6.92 Å². The molecule has 18 heavy (non-hydrogen) atoms. The molecule has 0 aromatic carbocycles. The summed E-state index contributed by atoms with van der Waals surface area (Å²) in [4.78, 5) is 17.3. The summed E-state index contributed by atoms with van der Waals surface area (Å²) in [6.45, 7) is 2.51. The van der Waals surface area contributed by atoms with Crippen molar-refractivity contribution in [3.63, 3.8) is 0 Å². The van der Waals surface area contributed by atoms with E-state index in [1.807, 2.05) is 0 Å². The number of hydrogen-bond donors (Lipinski definition) is 1. The molecule has 1 unspecified atom stereocenters. The van der Waals surface area contributed by atoms with Gasteiger partial charge < -0.3 is 10.6 Å². The summed E-state index contributed by atoms with van der Waals surface area (Å²) in [5, 5.41) is 0.789. The highest BCUT2D eigenvalue weighted by molar-refractivity contribution is 7.11. The summed E-state index contributed by atoms with van der Waals surface area (Å²) in [6, 6.07) is 0. The molecule has 0 saturated heterocycles. The van der Waals surface area contributed by atoms with E-state index in [0.29, 0.717) is 11.8 Å². The fraction of sp³-hybridized carbons (Fsp3) is 0.600. The third-order valence-corrected chi connectivity index (χ3v) is 3.34. The monoisotopic (exact) mass is 281 g/mol. The number of thiazole rings is 1. The van der Waals surface area contributed by atoms with Crippen molar-refractivity contribution in [1.82, 2.24) is 9.88 Å². The second-order valence-corrected chi connectivity index (χ2v) is 5.53. The average molecular weight is 281 g/mol. The lowest BCUT2D eigenvalue weighted by Gasteiger charge is -2.30. The Kier molecular flexibility index (Phi) is 4.02. The van der Waals surface area contributed by atoms with Crippen LogP contribution in [-0.2, 0) is 11.3 Å². The Balaban J connectivity index is 2.79.